The highest BCUT2D eigenvalue weighted by Gasteiger charge is 2.25. The van der Waals surface area contributed by atoms with Gasteiger partial charge in [-0.2, -0.15) is 15.0 Å². The zero-order valence-corrected chi connectivity index (χ0v) is 7.84. The second-order valence-electron chi connectivity index (χ2n) is 3.02. The van der Waals surface area contributed by atoms with Crippen LogP contribution < -0.4 is 0 Å². The molecular formula is C8H11N3O3. The quantitative estimate of drug-likeness (QED) is 0.593. The number of hydrogen-bond donors (Lipinski definition) is 0. The van der Waals surface area contributed by atoms with E-state index in [1.165, 1.54) is 11.0 Å². The number of aromatic nitrogens is 3. The smallest absolute Gasteiger partial charge is 0.215 e. The van der Waals surface area contributed by atoms with Crippen molar-refractivity contribution < 1.29 is 14.3 Å². The number of rotatable bonds is 2. The Morgan fingerprint density at radius 2 is 2.50 bits per heavy atom. The van der Waals surface area contributed by atoms with Gasteiger partial charge < -0.3 is 9.47 Å². The summed E-state index contributed by atoms with van der Waals surface area (Å²) < 4.78 is 10.4. The van der Waals surface area contributed by atoms with Crippen LogP contribution in [0.1, 0.15) is 10.5 Å². The third kappa shape index (κ3) is 1.80. The van der Waals surface area contributed by atoms with E-state index in [9.17, 15) is 4.79 Å². The van der Waals surface area contributed by atoms with Gasteiger partial charge in [0.1, 0.15) is 6.10 Å². The average molecular weight is 197 g/mol. The standard InChI is InChI=1S/C8H11N3O3/c1-11-9-4-6(10-11)8(12)7-5-13-2-3-14-7/h4,7H,2-3,5H2,1H3. The Kier molecular flexibility index (Phi) is 2.55. The van der Waals surface area contributed by atoms with Crippen molar-refractivity contribution in [3.05, 3.63) is 11.9 Å². The van der Waals surface area contributed by atoms with Crippen molar-refractivity contribution in [2.24, 2.45) is 7.05 Å². The van der Waals surface area contributed by atoms with Crippen molar-refractivity contribution in [3.8, 4) is 0 Å². The second-order valence-corrected chi connectivity index (χ2v) is 3.02. The minimum absolute atomic E-state index is 0.169. The summed E-state index contributed by atoms with van der Waals surface area (Å²) >= 11 is 0. The van der Waals surface area contributed by atoms with Crippen LogP contribution in [0.25, 0.3) is 0 Å². The molecule has 76 valence electrons. The van der Waals surface area contributed by atoms with Crippen LogP contribution in [0.15, 0.2) is 6.20 Å². The van der Waals surface area contributed by atoms with Crippen molar-refractivity contribution in [2.45, 2.75) is 6.10 Å². The summed E-state index contributed by atoms with van der Waals surface area (Å²) in [5.74, 6) is -0.169. The summed E-state index contributed by atoms with van der Waals surface area (Å²) in [5, 5.41) is 7.73. The summed E-state index contributed by atoms with van der Waals surface area (Å²) in [4.78, 5) is 13.0. The van der Waals surface area contributed by atoms with Crippen molar-refractivity contribution in [3.63, 3.8) is 0 Å². The molecule has 2 rings (SSSR count). The number of hydrogen-bond acceptors (Lipinski definition) is 5. The third-order valence-electron chi connectivity index (χ3n) is 1.96. The summed E-state index contributed by atoms with van der Waals surface area (Å²) in [7, 11) is 1.66. The lowest BCUT2D eigenvalue weighted by atomic mass is 10.2. The molecule has 0 radical (unpaired) electrons. The molecule has 0 spiro atoms. The molecule has 0 saturated carbocycles. The molecule has 6 nitrogen and oxygen atoms in total. The lowest BCUT2D eigenvalue weighted by Crippen LogP contribution is -2.35. The van der Waals surface area contributed by atoms with Crippen molar-refractivity contribution in [1.29, 1.82) is 0 Å². The minimum atomic E-state index is -0.527. The Bertz CT molecular complexity index is 330. The molecule has 1 aromatic heterocycles. The average Bonchev–Trinajstić information content (AvgIpc) is 2.65. The van der Waals surface area contributed by atoms with Crippen LogP contribution in [0.5, 0.6) is 0 Å². The highest BCUT2D eigenvalue weighted by Crippen LogP contribution is 2.06. The van der Waals surface area contributed by atoms with E-state index < -0.39 is 6.10 Å². The zero-order chi connectivity index (χ0) is 9.97. The molecule has 1 unspecified atom stereocenters. The molecule has 0 amide bonds. The normalized spacial score (nSPS) is 22.2. The maximum atomic E-state index is 11.7. The van der Waals surface area contributed by atoms with E-state index in [2.05, 4.69) is 10.2 Å². The number of nitrogens with zero attached hydrogens (tertiary/aromatic N) is 3. The van der Waals surface area contributed by atoms with Gasteiger partial charge in [-0.25, -0.2) is 0 Å². The van der Waals surface area contributed by atoms with Gasteiger partial charge in [-0.05, 0) is 0 Å². The molecule has 0 aliphatic carbocycles. The fourth-order valence-electron chi connectivity index (χ4n) is 1.26. The molecule has 2 heterocycles. The first kappa shape index (κ1) is 9.29. The second kappa shape index (κ2) is 3.85. The van der Waals surface area contributed by atoms with Crippen LogP contribution >= 0.6 is 0 Å². The SMILES string of the molecule is Cn1ncc(C(=O)C2COCCO2)n1. The molecule has 1 saturated heterocycles. The molecule has 6 heteroatoms. The number of aryl methyl sites for hydroxylation is 1. The molecule has 0 bridgehead atoms. The van der Waals surface area contributed by atoms with Crippen LogP contribution in [-0.2, 0) is 16.5 Å². The van der Waals surface area contributed by atoms with Gasteiger partial charge in [0, 0.05) is 7.05 Å². The number of carbonyl (C=O) groups excluding carboxylic acids is 1. The molecule has 1 aliphatic rings. The third-order valence-corrected chi connectivity index (χ3v) is 1.96. The molecule has 14 heavy (non-hydrogen) atoms. The highest BCUT2D eigenvalue weighted by molar-refractivity contribution is 5.97. The molecule has 0 N–H and O–H groups in total. The van der Waals surface area contributed by atoms with Crippen LogP contribution in [-0.4, -0.2) is 46.7 Å². The van der Waals surface area contributed by atoms with E-state index in [4.69, 9.17) is 9.47 Å². The molecule has 1 aliphatic heterocycles. The number of Topliss-reactive ketones (excluding diaryl/α,β-unsaturated/α-hetero) is 1. The number of ketones is 1. The van der Waals surface area contributed by atoms with E-state index in [0.29, 0.717) is 25.5 Å². The maximum Gasteiger partial charge on any atom is 0.215 e. The van der Waals surface area contributed by atoms with Gasteiger partial charge in [-0.3, -0.25) is 4.79 Å². The van der Waals surface area contributed by atoms with Gasteiger partial charge >= 0.3 is 0 Å². The Labute approximate surface area is 80.8 Å². The van der Waals surface area contributed by atoms with Crippen LogP contribution in [0.2, 0.25) is 0 Å². The fourth-order valence-corrected chi connectivity index (χ4v) is 1.26. The minimum Gasteiger partial charge on any atom is -0.376 e. The van der Waals surface area contributed by atoms with Gasteiger partial charge in [0.25, 0.3) is 0 Å². The van der Waals surface area contributed by atoms with E-state index in [1.54, 1.807) is 7.05 Å². The van der Waals surface area contributed by atoms with E-state index in [1.807, 2.05) is 0 Å². The Hall–Kier alpha value is -1.27. The summed E-state index contributed by atoms with van der Waals surface area (Å²) in [6, 6.07) is 0. The molecular weight excluding hydrogens is 186 g/mol. The summed E-state index contributed by atoms with van der Waals surface area (Å²) in [6.45, 7) is 1.30. The first-order valence-electron chi connectivity index (χ1n) is 4.37. The van der Waals surface area contributed by atoms with Crippen molar-refractivity contribution >= 4 is 5.78 Å². The van der Waals surface area contributed by atoms with E-state index >= 15 is 0 Å². The Morgan fingerprint density at radius 1 is 1.64 bits per heavy atom. The van der Waals surface area contributed by atoms with E-state index in [0.717, 1.165) is 0 Å². The Balaban J connectivity index is 2.07. The highest BCUT2D eigenvalue weighted by atomic mass is 16.6. The largest absolute Gasteiger partial charge is 0.376 e. The molecule has 1 aromatic rings. The predicted molar refractivity (Wildman–Crippen MR) is 45.9 cm³/mol. The number of carbonyl (C=O) groups is 1. The van der Waals surface area contributed by atoms with Gasteiger partial charge in [0.05, 0.1) is 26.0 Å². The summed E-state index contributed by atoms with van der Waals surface area (Å²) in [6.07, 6.45) is 0.903. The topological polar surface area (TPSA) is 66.2 Å². The summed E-state index contributed by atoms with van der Waals surface area (Å²) in [5.41, 5.74) is 0.322. The van der Waals surface area contributed by atoms with Crippen LogP contribution in [0, 0.1) is 0 Å². The van der Waals surface area contributed by atoms with Gasteiger partial charge in [0.15, 0.2) is 5.69 Å². The molecule has 1 atom stereocenters. The first-order chi connectivity index (χ1) is 6.77. The zero-order valence-electron chi connectivity index (χ0n) is 7.84. The van der Waals surface area contributed by atoms with Crippen LogP contribution in [0.4, 0.5) is 0 Å². The van der Waals surface area contributed by atoms with Gasteiger partial charge in [-0.15, -0.1) is 0 Å². The monoisotopic (exact) mass is 197 g/mol. The Morgan fingerprint density at radius 3 is 3.07 bits per heavy atom. The lowest BCUT2D eigenvalue weighted by molar-refractivity contribution is -0.0720. The van der Waals surface area contributed by atoms with Gasteiger partial charge in [0.2, 0.25) is 5.78 Å². The van der Waals surface area contributed by atoms with Gasteiger partial charge in [-0.1, -0.05) is 0 Å². The predicted octanol–water partition coefficient (Wildman–Crippen LogP) is -0.587. The molecule has 1 fully saturated rings. The first-order valence-corrected chi connectivity index (χ1v) is 4.37. The maximum absolute atomic E-state index is 11.7. The molecule has 0 aromatic carbocycles. The van der Waals surface area contributed by atoms with Crippen molar-refractivity contribution in [1.82, 2.24) is 15.0 Å². The fraction of sp³-hybridized carbons (Fsp3) is 0.625. The van der Waals surface area contributed by atoms with Crippen molar-refractivity contribution in [2.75, 3.05) is 19.8 Å². The van der Waals surface area contributed by atoms with Crippen LogP contribution in [0.3, 0.4) is 0 Å². The number of ether oxygens (including phenoxy) is 2. The lowest BCUT2D eigenvalue weighted by Gasteiger charge is -2.20. The van der Waals surface area contributed by atoms with E-state index in [-0.39, 0.29) is 5.78 Å².